The number of carboxylic acid groups (broad SMARTS) is 1. The number of esters is 1. The zero-order valence-electron chi connectivity index (χ0n) is 11.0. The third-order valence-corrected chi connectivity index (χ3v) is 6.51. The molecule has 1 spiro atoms. The predicted molar refractivity (Wildman–Crippen MR) is 66.2 cm³/mol. The fourth-order valence-electron chi connectivity index (χ4n) is 5.59. The maximum absolute atomic E-state index is 12.1. The highest BCUT2D eigenvalue weighted by molar-refractivity contribution is 5.92. The van der Waals surface area contributed by atoms with E-state index in [0.29, 0.717) is 18.9 Å². The molecule has 3 aliphatic carbocycles. The summed E-state index contributed by atoms with van der Waals surface area (Å²) in [6.45, 7) is 2.38. The second-order valence-electron chi connectivity index (χ2n) is 6.81. The van der Waals surface area contributed by atoms with Crippen LogP contribution in [-0.4, -0.2) is 23.7 Å². The van der Waals surface area contributed by atoms with E-state index in [0.717, 1.165) is 24.8 Å². The number of fused-ring (bicyclic) bond motifs is 1. The van der Waals surface area contributed by atoms with Crippen LogP contribution in [0.4, 0.5) is 0 Å². The number of hydrogen-bond acceptors (Lipinski definition) is 3. The van der Waals surface area contributed by atoms with Crippen molar-refractivity contribution in [1.29, 1.82) is 0 Å². The quantitative estimate of drug-likeness (QED) is 0.734. The molecule has 3 fully saturated rings. The molecule has 0 unspecified atom stereocenters. The van der Waals surface area contributed by atoms with E-state index in [1.54, 1.807) is 0 Å². The molecule has 0 amide bonds. The van der Waals surface area contributed by atoms with Crippen LogP contribution in [0.15, 0.2) is 11.6 Å². The molecule has 4 rings (SSSR count). The van der Waals surface area contributed by atoms with Crippen LogP contribution < -0.4 is 0 Å². The number of hydrogen-bond donors (Lipinski definition) is 1. The summed E-state index contributed by atoms with van der Waals surface area (Å²) in [6.07, 6.45) is 5.46. The Morgan fingerprint density at radius 3 is 2.95 bits per heavy atom. The summed E-state index contributed by atoms with van der Waals surface area (Å²) in [6, 6.07) is 0. The summed E-state index contributed by atoms with van der Waals surface area (Å²) in [5.74, 6) is -0.267. The maximum atomic E-state index is 12.1. The Kier molecular flexibility index (Phi) is 1.95. The first-order chi connectivity index (χ1) is 9.01. The van der Waals surface area contributed by atoms with Crippen molar-refractivity contribution in [2.24, 2.45) is 28.6 Å². The standard InChI is InChI=1S/C15H18O4/c1-14(13(17)18)8-2-4-10-12(16)19-7-9-3-5-11(14)15(9,10)6-8/h4,8-9,11H,2-3,5-7H2,1H3,(H,17,18)/t8-,9+,11+,14-,15+/m1/s1. The molecule has 2 bridgehead atoms. The third kappa shape index (κ3) is 1.04. The second-order valence-corrected chi connectivity index (χ2v) is 6.81. The van der Waals surface area contributed by atoms with Gasteiger partial charge in [0.15, 0.2) is 0 Å². The van der Waals surface area contributed by atoms with E-state index in [9.17, 15) is 14.7 Å². The van der Waals surface area contributed by atoms with E-state index in [4.69, 9.17) is 4.74 Å². The molecule has 0 aromatic heterocycles. The molecule has 4 heteroatoms. The first kappa shape index (κ1) is 11.5. The number of carbonyl (C=O) groups excluding carboxylic acids is 1. The second kappa shape index (κ2) is 3.22. The Balaban J connectivity index is 1.92. The van der Waals surface area contributed by atoms with Gasteiger partial charge >= 0.3 is 11.9 Å². The average molecular weight is 262 g/mol. The van der Waals surface area contributed by atoms with Gasteiger partial charge in [0.05, 0.1) is 12.0 Å². The molecule has 4 nitrogen and oxygen atoms in total. The smallest absolute Gasteiger partial charge is 0.334 e. The van der Waals surface area contributed by atoms with Gasteiger partial charge in [-0.15, -0.1) is 0 Å². The van der Waals surface area contributed by atoms with Crippen LogP contribution in [0.3, 0.4) is 0 Å². The summed E-state index contributed by atoms with van der Waals surface area (Å²) in [5, 5.41) is 9.75. The Morgan fingerprint density at radius 1 is 1.42 bits per heavy atom. The topological polar surface area (TPSA) is 63.6 Å². The molecule has 102 valence electrons. The van der Waals surface area contributed by atoms with Gasteiger partial charge in [-0.25, -0.2) is 4.79 Å². The number of ether oxygens (including phenoxy) is 1. The van der Waals surface area contributed by atoms with Crippen LogP contribution in [0, 0.1) is 28.6 Å². The van der Waals surface area contributed by atoms with Crippen LogP contribution in [0.25, 0.3) is 0 Å². The van der Waals surface area contributed by atoms with Crippen molar-refractivity contribution in [2.75, 3.05) is 6.61 Å². The summed E-state index contributed by atoms with van der Waals surface area (Å²) >= 11 is 0. The first-order valence-corrected chi connectivity index (χ1v) is 7.12. The average Bonchev–Trinajstić information content (AvgIpc) is 2.82. The number of cyclic esters (lactones) is 1. The lowest BCUT2D eigenvalue weighted by Gasteiger charge is -2.42. The van der Waals surface area contributed by atoms with E-state index in [1.807, 2.05) is 13.0 Å². The molecule has 0 radical (unpaired) electrons. The lowest BCUT2D eigenvalue weighted by Crippen LogP contribution is -2.44. The number of aliphatic carboxylic acids is 1. The molecular formula is C15H18O4. The molecule has 5 atom stereocenters. The largest absolute Gasteiger partial charge is 0.481 e. The third-order valence-electron chi connectivity index (χ3n) is 6.51. The van der Waals surface area contributed by atoms with Crippen molar-refractivity contribution < 1.29 is 19.4 Å². The predicted octanol–water partition coefficient (Wildman–Crippen LogP) is 2.00. The van der Waals surface area contributed by atoms with Gasteiger partial charge in [0.2, 0.25) is 0 Å². The fourth-order valence-corrected chi connectivity index (χ4v) is 5.59. The highest BCUT2D eigenvalue weighted by atomic mass is 16.5. The zero-order chi connectivity index (χ0) is 13.4. The normalized spacial score (nSPS) is 50.5. The minimum atomic E-state index is -0.686. The molecule has 19 heavy (non-hydrogen) atoms. The minimum absolute atomic E-state index is 0.106. The van der Waals surface area contributed by atoms with Gasteiger partial charge in [-0.05, 0) is 44.4 Å². The maximum Gasteiger partial charge on any atom is 0.334 e. The molecule has 4 aliphatic rings. The number of rotatable bonds is 1. The lowest BCUT2D eigenvalue weighted by atomic mass is 9.63. The summed E-state index contributed by atoms with van der Waals surface area (Å²) in [5.41, 5.74) is -0.0665. The van der Waals surface area contributed by atoms with Crippen LogP contribution in [0.1, 0.15) is 32.6 Å². The van der Waals surface area contributed by atoms with Crippen LogP contribution in [0.2, 0.25) is 0 Å². The van der Waals surface area contributed by atoms with Gasteiger partial charge in [-0.1, -0.05) is 6.08 Å². The number of carbonyl (C=O) groups is 2. The van der Waals surface area contributed by atoms with Crippen molar-refractivity contribution in [2.45, 2.75) is 32.6 Å². The van der Waals surface area contributed by atoms with Crippen molar-refractivity contribution in [3.8, 4) is 0 Å². The molecule has 1 N–H and O–H groups in total. The highest BCUT2D eigenvalue weighted by Gasteiger charge is 2.72. The van der Waals surface area contributed by atoms with Gasteiger partial charge in [0.1, 0.15) is 0 Å². The fraction of sp³-hybridized carbons (Fsp3) is 0.733. The van der Waals surface area contributed by atoms with Crippen molar-refractivity contribution in [3.05, 3.63) is 11.6 Å². The lowest BCUT2D eigenvalue weighted by molar-refractivity contribution is -0.155. The van der Waals surface area contributed by atoms with E-state index in [2.05, 4.69) is 0 Å². The van der Waals surface area contributed by atoms with Crippen LogP contribution in [0.5, 0.6) is 0 Å². The number of carboxylic acids is 1. The Hall–Kier alpha value is -1.32. The van der Waals surface area contributed by atoms with Gasteiger partial charge in [0.25, 0.3) is 0 Å². The van der Waals surface area contributed by atoms with Crippen LogP contribution in [-0.2, 0) is 14.3 Å². The first-order valence-electron chi connectivity index (χ1n) is 7.12. The van der Waals surface area contributed by atoms with E-state index in [1.165, 1.54) is 0 Å². The van der Waals surface area contributed by atoms with Crippen molar-refractivity contribution in [3.63, 3.8) is 0 Å². The summed E-state index contributed by atoms with van der Waals surface area (Å²) < 4.78 is 5.30. The highest BCUT2D eigenvalue weighted by Crippen LogP contribution is 2.73. The minimum Gasteiger partial charge on any atom is -0.481 e. The summed E-state index contributed by atoms with van der Waals surface area (Å²) in [4.78, 5) is 23.9. The molecule has 0 aromatic rings. The molecule has 1 saturated heterocycles. The van der Waals surface area contributed by atoms with Gasteiger partial charge < -0.3 is 9.84 Å². The zero-order valence-corrected chi connectivity index (χ0v) is 11.0. The van der Waals surface area contributed by atoms with Gasteiger partial charge in [0, 0.05) is 16.9 Å². The van der Waals surface area contributed by atoms with Gasteiger partial charge in [-0.3, -0.25) is 4.79 Å². The van der Waals surface area contributed by atoms with Gasteiger partial charge in [-0.2, -0.15) is 0 Å². The SMILES string of the molecule is C[C@@]1(C(=O)O)[C@@H]2CC=C3C(=O)OC[C@@H]4CC[C@@H]1[C@]34C2. The van der Waals surface area contributed by atoms with E-state index >= 15 is 0 Å². The molecule has 1 heterocycles. The molecule has 1 aliphatic heterocycles. The summed E-state index contributed by atoms with van der Waals surface area (Å²) in [7, 11) is 0. The molecular weight excluding hydrogens is 244 g/mol. The van der Waals surface area contributed by atoms with Crippen molar-refractivity contribution in [1.82, 2.24) is 0 Å². The Labute approximate surface area is 111 Å². The van der Waals surface area contributed by atoms with E-state index in [-0.39, 0.29) is 23.2 Å². The van der Waals surface area contributed by atoms with E-state index < -0.39 is 11.4 Å². The monoisotopic (exact) mass is 262 g/mol. The van der Waals surface area contributed by atoms with Crippen LogP contribution >= 0.6 is 0 Å². The molecule has 0 aromatic carbocycles. The van der Waals surface area contributed by atoms with Crippen molar-refractivity contribution >= 4 is 11.9 Å². The molecule has 2 saturated carbocycles. The number of allylic oxidation sites excluding steroid dienone is 1. The Bertz CT molecular complexity index is 522. The Morgan fingerprint density at radius 2 is 2.21 bits per heavy atom.